The van der Waals surface area contributed by atoms with Crippen molar-refractivity contribution in [1.29, 1.82) is 0 Å². The summed E-state index contributed by atoms with van der Waals surface area (Å²) in [5, 5.41) is 3.46. The summed E-state index contributed by atoms with van der Waals surface area (Å²) in [5.41, 5.74) is 6.61. The summed E-state index contributed by atoms with van der Waals surface area (Å²) in [7, 11) is 0. The highest BCUT2D eigenvalue weighted by Crippen LogP contribution is 2.46. The highest BCUT2D eigenvalue weighted by molar-refractivity contribution is 7.17. The van der Waals surface area contributed by atoms with Gasteiger partial charge in [0.25, 0.3) is 5.91 Å². The molecule has 3 N–H and O–H groups in total. The molecule has 1 aromatic heterocycles. The Kier molecular flexibility index (Phi) is 2.87. The lowest BCUT2D eigenvalue weighted by molar-refractivity contribution is -0.120. The van der Waals surface area contributed by atoms with Crippen LogP contribution in [0.5, 0.6) is 0 Å². The van der Waals surface area contributed by atoms with E-state index in [-0.39, 0.29) is 11.3 Å². The van der Waals surface area contributed by atoms with Crippen molar-refractivity contribution in [2.45, 2.75) is 32.8 Å². The van der Waals surface area contributed by atoms with Crippen LogP contribution in [0.4, 0.5) is 5.00 Å². The van der Waals surface area contributed by atoms with Gasteiger partial charge in [0.2, 0.25) is 5.91 Å². The molecule has 0 radical (unpaired) electrons. The Morgan fingerprint density at radius 2 is 2.16 bits per heavy atom. The lowest BCUT2D eigenvalue weighted by Crippen LogP contribution is -2.23. The number of amides is 2. The molecule has 6 heteroatoms. The second-order valence-electron chi connectivity index (χ2n) is 5.39. The van der Waals surface area contributed by atoms with E-state index >= 15 is 0 Å². The van der Waals surface area contributed by atoms with Crippen molar-refractivity contribution in [2.75, 3.05) is 11.9 Å². The molecule has 1 saturated carbocycles. The fraction of sp³-hybridized carbons (Fsp3) is 0.538. The first kappa shape index (κ1) is 12.6. The minimum absolute atomic E-state index is 0.0190. The second kappa shape index (κ2) is 4.31. The van der Waals surface area contributed by atoms with Crippen molar-refractivity contribution in [3.05, 3.63) is 16.0 Å². The highest BCUT2D eigenvalue weighted by atomic mass is 32.1. The van der Waals surface area contributed by atoms with E-state index in [1.807, 2.05) is 6.92 Å². The number of anilines is 1. The third-order valence-electron chi connectivity index (χ3n) is 3.84. The fourth-order valence-electron chi connectivity index (χ4n) is 2.25. The lowest BCUT2D eigenvalue weighted by atomic mass is 10.0. The number of carbonyl (C=O) groups excluding carboxylic acids is 2. The number of fused-ring (bicyclic) bond motifs is 1. The van der Waals surface area contributed by atoms with Gasteiger partial charge in [0.15, 0.2) is 0 Å². The topological polar surface area (TPSA) is 81.4 Å². The Morgan fingerprint density at radius 1 is 1.42 bits per heavy atom. The highest BCUT2D eigenvalue weighted by Gasteiger charge is 2.45. The van der Waals surface area contributed by atoms with Crippen LogP contribution >= 0.6 is 11.3 Å². The van der Waals surface area contributed by atoms with Gasteiger partial charge in [0, 0.05) is 10.3 Å². The van der Waals surface area contributed by atoms with Crippen molar-refractivity contribution in [3.63, 3.8) is 0 Å². The molecule has 1 aromatic rings. The van der Waals surface area contributed by atoms with Crippen LogP contribution in [0.15, 0.2) is 0 Å². The number of hydrogen-bond acceptors (Lipinski definition) is 4. The maximum Gasteiger partial charge on any atom is 0.251 e. The van der Waals surface area contributed by atoms with Gasteiger partial charge in [-0.1, -0.05) is 6.92 Å². The number of nitrogens with two attached hydrogens (primary N) is 1. The summed E-state index contributed by atoms with van der Waals surface area (Å²) < 4.78 is 5.37. The van der Waals surface area contributed by atoms with E-state index in [0.717, 1.165) is 23.3 Å². The van der Waals surface area contributed by atoms with Crippen molar-refractivity contribution in [1.82, 2.24) is 0 Å². The predicted octanol–water partition coefficient (Wildman–Crippen LogP) is 1.66. The Bertz CT molecular complexity index is 560. The monoisotopic (exact) mass is 280 g/mol. The van der Waals surface area contributed by atoms with Gasteiger partial charge in [0.05, 0.1) is 18.8 Å². The molecule has 2 aliphatic rings. The van der Waals surface area contributed by atoms with E-state index in [9.17, 15) is 9.59 Å². The van der Waals surface area contributed by atoms with E-state index in [0.29, 0.717) is 30.2 Å². The fourth-order valence-corrected chi connectivity index (χ4v) is 3.44. The first-order valence-electron chi connectivity index (χ1n) is 6.35. The molecule has 0 spiro atoms. The number of primary amides is 1. The average Bonchev–Trinajstić information content (AvgIpc) is 3.01. The van der Waals surface area contributed by atoms with Crippen LogP contribution in [-0.2, 0) is 22.6 Å². The second-order valence-corrected chi connectivity index (χ2v) is 6.49. The number of rotatable bonds is 3. The summed E-state index contributed by atoms with van der Waals surface area (Å²) in [6, 6.07) is 0. The zero-order valence-electron chi connectivity index (χ0n) is 10.7. The summed E-state index contributed by atoms with van der Waals surface area (Å²) in [4.78, 5) is 24.7. The molecule has 1 aliphatic heterocycles. The maximum absolute atomic E-state index is 12.1. The van der Waals surface area contributed by atoms with Crippen molar-refractivity contribution in [3.8, 4) is 0 Å². The molecule has 0 unspecified atom stereocenters. The number of ether oxygens (including phenoxy) is 1. The summed E-state index contributed by atoms with van der Waals surface area (Å²) in [6.45, 7) is 3.02. The molecule has 2 amide bonds. The molecule has 1 fully saturated rings. The number of thiophene rings is 1. The van der Waals surface area contributed by atoms with Crippen LogP contribution in [-0.4, -0.2) is 18.4 Å². The van der Waals surface area contributed by atoms with Gasteiger partial charge in [-0.25, -0.2) is 0 Å². The lowest BCUT2D eigenvalue weighted by Gasteiger charge is -2.12. The Hall–Kier alpha value is -1.40. The van der Waals surface area contributed by atoms with Crippen LogP contribution in [0.3, 0.4) is 0 Å². The van der Waals surface area contributed by atoms with Crippen LogP contribution in [0.2, 0.25) is 0 Å². The van der Waals surface area contributed by atoms with Crippen LogP contribution in [0, 0.1) is 5.41 Å². The zero-order valence-corrected chi connectivity index (χ0v) is 11.6. The molecule has 2 heterocycles. The standard InChI is InChI=1S/C13H16N2O3S/c1-13(3-4-13)12(17)15-11-9(10(14)16)7-2-5-18-6-8(7)19-11/h2-6H2,1H3,(H2,14,16)(H,15,17). The minimum atomic E-state index is -0.476. The molecule has 0 aromatic carbocycles. The van der Waals surface area contributed by atoms with Crippen LogP contribution in [0.1, 0.15) is 40.6 Å². The van der Waals surface area contributed by atoms with Crippen LogP contribution < -0.4 is 11.1 Å². The normalized spacial score (nSPS) is 19.6. The smallest absolute Gasteiger partial charge is 0.251 e. The maximum atomic E-state index is 12.1. The van der Waals surface area contributed by atoms with Gasteiger partial charge >= 0.3 is 0 Å². The summed E-state index contributed by atoms with van der Waals surface area (Å²) >= 11 is 1.40. The van der Waals surface area contributed by atoms with Gasteiger partial charge < -0.3 is 15.8 Å². The summed E-state index contributed by atoms with van der Waals surface area (Å²) in [5.74, 6) is -0.495. The van der Waals surface area contributed by atoms with Gasteiger partial charge in [-0.15, -0.1) is 11.3 Å². The Morgan fingerprint density at radius 3 is 2.79 bits per heavy atom. The Balaban J connectivity index is 1.94. The first-order chi connectivity index (χ1) is 9.01. The van der Waals surface area contributed by atoms with E-state index in [2.05, 4.69) is 5.32 Å². The molecular formula is C13H16N2O3S. The first-order valence-corrected chi connectivity index (χ1v) is 7.16. The molecule has 3 rings (SSSR count). The molecular weight excluding hydrogens is 264 g/mol. The number of hydrogen-bond donors (Lipinski definition) is 2. The van der Waals surface area contributed by atoms with E-state index in [1.54, 1.807) is 0 Å². The third-order valence-corrected chi connectivity index (χ3v) is 4.96. The summed E-state index contributed by atoms with van der Waals surface area (Å²) in [6.07, 6.45) is 2.48. The van der Waals surface area contributed by atoms with E-state index in [1.165, 1.54) is 11.3 Å². The quantitative estimate of drug-likeness (QED) is 0.883. The SMILES string of the molecule is CC1(C(=O)Nc2sc3c(c2C(N)=O)CCOC3)CC1. The molecule has 5 nitrogen and oxygen atoms in total. The molecule has 102 valence electrons. The van der Waals surface area contributed by atoms with Crippen LogP contribution in [0.25, 0.3) is 0 Å². The number of nitrogens with one attached hydrogen (secondary N) is 1. The average molecular weight is 280 g/mol. The molecule has 1 aliphatic carbocycles. The molecule has 0 atom stereocenters. The molecule has 0 bridgehead atoms. The molecule has 19 heavy (non-hydrogen) atoms. The number of carbonyl (C=O) groups is 2. The van der Waals surface area contributed by atoms with Crippen molar-refractivity contribution >= 4 is 28.2 Å². The zero-order chi connectivity index (χ0) is 13.6. The van der Waals surface area contributed by atoms with Gasteiger partial charge in [-0.05, 0) is 24.8 Å². The minimum Gasteiger partial charge on any atom is -0.376 e. The van der Waals surface area contributed by atoms with Crippen molar-refractivity contribution in [2.24, 2.45) is 11.1 Å². The van der Waals surface area contributed by atoms with E-state index < -0.39 is 5.91 Å². The van der Waals surface area contributed by atoms with E-state index in [4.69, 9.17) is 10.5 Å². The molecule has 0 saturated heterocycles. The third kappa shape index (κ3) is 2.15. The van der Waals surface area contributed by atoms with Gasteiger partial charge in [0.1, 0.15) is 5.00 Å². The predicted molar refractivity (Wildman–Crippen MR) is 72.2 cm³/mol. The Labute approximate surface area is 115 Å². The van der Waals surface area contributed by atoms with Gasteiger partial charge in [-0.3, -0.25) is 9.59 Å². The van der Waals surface area contributed by atoms with Crippen molar-refractivity contribution < 1.29 is 14.3 Å². The van der Waals surface area contributed by atoms with Gasteiger partial charge in [-0.2, -0.15) is 0 Å². The largest absolute Gasteiger partial charge is 0.376 e.